The summed E-state index contributed by atoms with van der Waals surface area (Å²) in [4.78, 5) is 0. The van der Waals surface area contributed by atoms with Crippen molar-refractivity contribution in [2.24, 2.45) is 0 Å². The lowest BCUT2D eigenvalue weighted by atomic mass is 9.85. The van der Waals surface area contributed by atoms with Crippen LogP contribution in [0.1, 0.15) is 61.7 Å². The fourth-order valence-corrected chi connectivity index (χ4v) is 5.18. The maximum absolute atomic E-state index is 9.96. The van der Waals surface area contributed by atoms with Crippen molar-refractivity contribution in [1.82, 2.24) is 9.78 Å². The van der Waals surface area contributed by atoms with Crippen LogP contribution in [0.25, 0.3) is 0 Å². The third-order valence-electron chi connectivity index (χ3n) is 5.02. The highest BCUT2D eigenvalue weighted by Gasteiger charge is 2.40. The summed E-state index contributed by atoms with van der Waals surface area (Å²) in [6.45, 7) is 6.74. The number of thioether (sulfide) groups is 1. The molecular formula is C16H26N2O2S. The molecule has 2 unspecified atom stereocenters. The van der Waals surface area contributed by atoms with Gasteiger partial charge in [-0.1, -0.05) is 0 Å². The number of aliphatic hydroxyl groups excluding tert-OH is 1. The summed E-state index contributed by atoms with van der Waals surface area (Å²) in [5, 5.41) is 14.7. The van der Waals surface area contributed by atoms with Crippen LogP contribution < -0.4 is 0 Å². The lowest BCUT2D eigenvalue weighted by molar-refractivity contribution is -0.100. The highest BCUT2D eigenvalue weighted by molar-refractivity contribution is 7.99. The lowest BCUT2D eigenvalue weighted by Crippen LogP contribution is -2.43. The normalized spacial score (nSPS) is 27.0. The monoisotopic (exact) mass is 310 g/mol. The lowest BCUT2D eigenvalue weighted by Gasteiger charge is -2.43. The van der Waals surface area contributed by atoms with E-state index in [0.29, 0.717) is 6.04 Å². The van der Waals surface area contributed by atoms with Gasteiger partial charge in [0.05, 0.1) is 23.4 Å². The van der Waals surface area contributed by atoms with Gasteiger partial charge in [0.2, 0.25) is 0 Å². The number of aliphatic hydroxyl groups is 1. The molecule has 2 atom stereocenters. The second-order valence-electron chi connectivity index (χ2n) is 6.50. The first-order valence-corrected chi connectivity index (χ1v) is 9.13. The Morgan fingerprint density at radius 2 is 2.10 bits per heavy atom. The fraction of sp³-hybridized carbons (Fsp3) is 0.812. The number of aryl methyl sites for hydroxylation is 1. The van der Waals surface area contributed by atoms with Crippen LogP contribution in [-0.2, 0) is 4.74 Å². The molecule has 2 saturated heterocycles. The molecule has 4 nitrogen and oxygen atoms in total. The van der Waals surface area contributed by atoms with Crippen LogP contribution in [0.4, 0.5) is 0 Å². The van der Waals surface area contributed by atoms with Crippen molar-refractivity contribution in [2.45, 2.75) is 64.2 Å². The summed E-state index contributed by atoms with van der Waals surface area (Å²) >= 11 is 2.04. The van der Waals surface area contributed by atoms with E-state index in [2.05, 4.69) is 11.6 Å². The van der Waals surface area contributed by atoms with Crippen LogP contribution in [-0.4, -0.2) is 38.6 Å². The van der Waals surface area contributed by atoms with E-state index in [0.717, 1.165) is 49.2 Å². The molecule has 118 valence electrons. The van der Waals surface area contributed by atoms with Gasteiger partial charge in [-0.15, -0.1) is 0 Å². The average molecular weight is 310 g/mol. The molecule has 2 fully saturated rings. The molecule has 3 heterocycles. The Hall–Kier alpha value is -0.520. The molecule has 3 rings (SSSR count). The maximum atomic E-state index is 9.96. The van der Waals surface area contributed by atoms with Crippen LogP contribution in [0.3, 0.4) is 0 Å². The molecule has 0 aromatic carbocycles. The SMILES string of the molecule is Cc1nn(C2CCOC3(CCSCC3)C2)c(C)c1C(C)O. The van der Waals surface area contributed by atoms with Gasteiger partial charge in [0, 0.05) is 17.9 Å². The second kappa shape index (κ2) is 5.94. The van der Waals surface area contributed by atoms with Crippen molar-refractivity contribution in [2.75, 3.05) is 18.1 Å². The average Bonchev–Trinajstić information content (AvgIpc) is 2.75. The summed E-state index contributed by atoms with van der Waals surface area (Å²) in [5.74, 6) is 2.42. The van der Waals surface area contributed by atoms with Crippen LogP contribution in [0, 0.1) is 13.8 Å². The van der Waals surface area contributed by atoms with E-state index in [1.54, 1.807) is 0 Å². The molecule has 0 aliphatic carbocycles. The van der Waals surface area contributed by atoms with Crippen molar-refractivity contribution in [3.8, 4) is 0 Å². The van der Waals surface area contributed by atoms with Crippen LogP contribution in [0.15, 0.2) is 0 Å². The zero-order valence-corrected chi connectivity index (χ0v) is 14.1. The summed E-state index contributed by atoms with van der Waals surface area (Å²) in [6.07, 6.45) is 3.97. The predicted octanol–water partition coefficient (Wildman–Crippen LogP) is 3.17. The van der Waals surface area contributed by atoms with E-state index in [9.17, 15) is 5.11 Å². The number of ether oxygens (including phenoxy) is 1. The first kappa shape index (κ1) is 15.4. The number of aromatic nitrogens is 2. The first-order chi connectivity index (χ1) is 10.0. The molecule has 1 aromatic rings. The molecule has 1 spiro atoms. The Morgan fingerprint density at radius 1 is 1.38 bits per heavy atom. The number of rotatable bonds is 2. The zero-order chi connectivity index (χ0) is 15.0. The van der Waals surface area contributed by atoms with E-state index in [1.807, 2.05) is 25.6 Å². The maximum Gasteiger partial charge on any atom is 0.0797 e. The smallest absolute Gasteiger partial charge is 0.0797 e. The summed E-state index contributed by atoms with van der Waals surface area (Å²) < 4.78 is 8.33. The predicted molar refractivity (Wildman–Crippen MR) is 85.8 cm³/mol. The van der Waals surface area contributed by atoms with Gasteiger partial charge in [-0.25, -0.2) is 0 Å². The van der Waals surface area contributed by atoms with E-state index in [4.69, 9.17) is 9.84 Å². The second-order valence-corrected chi connectivity index (χ2v) is 7.72. The van der Waals surface area contributed by atoms with Crippen molar-refractivity contribution in [3.05, 3.63) is 17.0 Å². The van der Waals surface area contributed by atoms with E-state index < -0.39 is 6.10 Å². The standard InChI is InChI=1S/C16H26N2O2S/c1-11-15(13(3)19)12(2)18(17-11)14-4-7-20-16(10-14)5-8-21-9-6-16/h13-14,19H,4-10H2,1-3H3. The topological polar surface area (TPSA) is 47.3 Å². The molecule has 21 heavy (non-hydrogen) atoms. The van der Waals surface area contributed by atoms with Gasteiger partial charge in [0.25, 0.3) is 0 Å². The summed E-state index contributed by atoms with van der Waals surface area (Å²) in [5.41, 5.74) is 3.15. The van der Waals surface area contributed by atoms with Gasteiger partial charge in [-0.2, -0.15) is 16.9 Å². The van der Waals surface area contributed by atoms with Crippen molar-refractivity contribution >= 4 is 11.8 Å². The Morgan fingerprint density at radius 3 is 2.71 bits per heavy atom. The van der Waals surface area contributed by atoms with Crippen LogP contribution >= 0.6 is 11.8 Å². The van der Waals surface area contributed by atoms with Crippen LogP contribution in [0.5, 0.6) is 0 Å². The molecule has 0 amide bonds. The third-order valence-corrected chi connectivity index (χ3v) is 6.00. The van der Waals surface area contributed by atoms with E-state index >= 15 is 0 Å². The molecule has 1 aromatic heterocycles. The zero-order valence-electron chi connectivity index (χ0n) is 13.3. The van der Waals surface area contributed by atoms with Gasteiger partial charge >= 0.3 is 0 Å². The minimum Gasteiger partial charge on any atom is -0.389 e. The number of hydrogen-bond donors (Lipinski definition) is 1. The number of hydrogen-bond acceptors (Lipinski definition) is 4. The number of nitrogens with zero attached hydrogens (tertiary/aromatic N) is 2. The van der Waals surface area contributed by atoms with Gasteiger partial charge < -0.3 is 9.84 Å². The highest BCUT2D eigenvalue weighted by atomic mass is 32.2. The molecule has 5 heteroatoms. The van der Waals surface area contributed by atoms with E-state index in [-0.39, 0.29) is 5.60 Å². The Kier molecular flexibility index (Phi) is 4.35. The van der Waals surface area contributed by atoms with Gasteiger partial charge in [0.1, 0.15) is 0 Å². The molecule has 2 aliphatic rings. The quantitative estimate of drug-likeness (QED) is 0.911. The minimum atomic E-state index is -0.446. The van der Waals surface area contributed by atoms with Crippen molar-refractivity contribution < 1.29 is 9.84 Å². The van der Waals surface area contributed by atoms with Gasteiger partial charge in [-0.3, -0.25) is 4.68 Å². The van der Waals surface area contributed by atoms with Crippen molar-refractivity contribution in [3.63, 3.8) is 0 Å². The van der Waals surface area contributed by atoms with Crippen LogP contribution in [0.2, 0.25) is 0 Å². The third kappa shape index (κ3) is 2.88. The molecular weight excluding hydrogens is 284 g/mol. The summed E-state index contributed by atoms with van der Waals surface area (Å²) in [7, 11) is 0. The Labute approximate surface area is 131 Å². The highest BCUT2D eigenvalue weighted by Crippen LogP contribution is 2.42. The van der Waals surface area contributed by atoms with Gasteiger partial charge in [-0.05, 0) is 58.0 Å². The molecule has 0 bridgehead atoms. The summed E-state index contributed by atoms with van der Waals surface area (Å²) in [6, 6.07) is 0.410. The molecule has 2 aliphatic heterocycles. The minimum absolute atomic E-state index is 0.0749. The van der Waals surface area contributed by atoms with Gasteiger partial charge in [0.15, 0.2) is 0 Å². The van der Waals surface area contributed by atoms with Crippen molar-refractivity contribution in [1.29, 1.82) is 0 Å². The Bertz CT molecular complexity index is 501. The molecule has 0 saturated carbocycles. The fourth-order valence-electron chi connectivity index (χ4n) is 3.94. The Balaban J connectivity index is 1.85. The molecule has 0 radical (unpaired) electrons. The van der Waals surface area contributed by atoms with E-state index in [1.165, 1.54) is 11.5 Å². The molecule has 1 N–H and O–H groups in total. The largest absolute Gasteiger partial charge is 0.389 e. The first-order valence-electron chi connectivity index (χ1n) is 7.98.